The molecule has 0 aromatic carbocycles. The lowest BCUT2D eigenvalue weighted by atomic mass is 9.99. The van der Waals surface area contributed by atoms with Crippen molar-refractivity contribution in [3.63, 3.8) is 0 Å². The van der Waals surface area contributed by atoms with Gasteiger partial charge in [0.1, 0.15) is 11.7 Å². The van der Waals surface area contributed by atoms with Crippen LogP contribution in [0.4, 0.5) is 0 Å². The summed E-state index contributed by atoms with van der Waals surface area (Å²) in [5.41, 5.74) is 5.21. The number of hydrogen-bond acceptors (Lipinski definition) is 7. The number of H-pyrrole nitrogens is 1. The minimum Gasteiger partial charge on any atom is -0.411 e. The standard InChI is InChI=1S/C21H19N9O2/c1-12-4-3-8-30-16(12)10-14(27-30)18-17-13(22-11-23-17)6-9-29(18)21(31)20-26-25-19(32-20)15-5-7-24-28(15)2/h3-5,7-8,10-11,18H,6,9H2,1-2H3,(H,22,23). The third-order valence-electron chi connectivity index (χ3n) is 5.85. The highest BCUT2D eigenvalue weighted by atomic mass is 16.4. The second kappa shape index (κ2) is 6.87. The maximum atomic E-state index is 13.5. The molecule has 6 rings (SSSR count). The van der Waals surface area contributed by atoms with Gasteiger partial charge in [-0.3, -0.25) is 9.48 Å². The number of hydrogen-bond donors (Lipinski definition) is 1. The zero-order valence-electron chi connectivity index (χ0n) is 17.4. The fourth-order valence-corrected chi connectivity index (χ4v) is 4.22. The van der Waals surface area contributed by atoms with Crippen LogP contribution in [0.1, 0.15) is 39.4 Å². The van der Waals surface area contributed by atoms with Crippen LogP contribution >= 0.6 is 0 Å². The molecule has 0 radical (unpaired) electrons. The lowest BCUT2D eigenvalue weighted by Gasteiger charge is -2.32. The Kier molecular flexibility index (Phi) is 3.97. The van der Waals surface area contributed by atoms with E-state index in [2.05, 4.69) is 25.3 Å². The van der Waals surface area contributed by atoms with Crippen molar-refractivity contribution in [2.24, 2.45) is 7.05 Å². The SMILES string of the molecule is Cc1cccn2nc(C3c4nc[nH]c4CCN3C(=O)c3nnc(-c4ccnn4C)o3)cc12. The van der Waals surface area contributed by atoms with Crippen molar-refractivity contribution >= 4 is 11.4 Å². The lowest BCUT2D eigenvalue weighted by molar-refractivity contribution is 0.0646. The number of fused-ring (bicyclic) bond motifs is 2. The van der Waals surface area contributed by atoms with Crippen molar-refractivity contribution in [2.45, 2.75) is 19.4 Å². The van der Waals surface area contributed by atoms with Gasteiger partial charge in [0.25, 0.3) is 5.89 Å². The number of carbonyl (C=O) groups excluding carboxylic acids is 1. The van der Waals surface area contributed by atoms with Crippen LogP contribution in [0.15, 0.2) is 47.4 Å². The van der Waals surface area contributed by atoms with E-state index in [1.54, 1.807) is 35.2 Å². The summed E-state index contributed by atoms with van der Waals surface area (Å²) in [6.45, 7) is 2.50. The molecule has 11 nitrogen and oxygen atoms in total. The molecule has 1 N–H and O–H groups in total. The van der Waals surface area contributed by atoms with Crippen molar-refractivity contribution in [1.82, 2.24) is 44.5 Å². The van der Waals surface area contributed by atoms with Gasteiger partial charge in [-0.2, -0.15) is 10.2 Å². The number of aromatic amines is 1. The van der Waals surface area contributed by atoms with Crippen molar-refractivity contribution in [3.8, 4) is 11.6 Å². The number of nitrogens with one attached hydrogen (secondary N) is 1. The first kappa shape index (κ1) is 18.5. The molecular weight excluding hydrogens is 410 g/mol. The first-order valence-corrected chi connectivity index (χ1v) is 10.2. The number of rotatable bonds is 3. The maximum Gasteiger partial charge on any atom is 0.312 e. The molecule has 0 fully saturated rings. The Morgan fingerprint density at radius 3 is 3.00 bits per heavy atom. The monoisotopic (exact) mass is 429 g/mol. The van der Waals surface area contributed by atoms with Gasteiger partial charge >= 0.3 is 11.8 Å². The van der Waals surface area contributed by atoms with Crippen LogP contribution in [0.25, 0.3) is 17.1 Å². The summed E-state index contributed by atoms with van der Waals surface area (Å²) >= 11 is 0. The normalized spacial score (nSPS) is 15.9. The van der Waals surface area contributed by atoms with Crippen LogP contribution in [-0.4, -0.2) is 56.9 Å². The third kappa shape index (κ3) is 2.74. The fourth-order valence-electron chi connectivity index (χ4n) is 4.22. The Morgan fingerprint density at radius 2 is 2.19 bits per heavy atom. The van der Waals surface area contributed by atoms with Crippen LogP contribution in [0.5, 0.6) is 0 Å². The molecule has 5 aromatic rings. The molecule has 160 valence electrons. The highest BCUT2D eigenvalue weighted by molar-refractivity contribution is 5.90. The molecule has 1 aliphatic heterocycles. The van der Waals surface area contributed by atoms with Gasteiger partial charge in [0.2, 0.25) is 0 Å². The topological polar surface area (TPSA) is 123 Å². The van der Waals surface area contributed by atoms with E-state index in [9.17, 15) is 4.79 Å². The molecule has 0 bridgehead atoms. The van der Waals surface area contributed by atoms with Crippen molar-refractivity contribution in [2.75, 3.05) is 6.54 Å². The summed E-state index contributed by atoms with van der Waals surface area (Å²) in [5.74, 6) is -0.200. The highest BCUT2D eigenvalue weighted by Gasteiger charge is 2.38. The number of aromatic nitrogens is 8. The lowest BCUT2D eigenvalue weighted by Crippen LogP contribution is -2.41. The summed E-state index contributed by atoms with van der Waals surface area (Å²) in [6.07, 6.45) is 5.82. The van der Waals surface area contributed by atoms with Crippen LogP contribution in [0.3, 0.4) is 0 Å². The quantitative estimate of drug-likeness (QED) is 0.465. The van der Waals surface area contributed by atoms with Gasteiger partial charge in [0.15, 0.2) is 0 Å². The Balaban J connectivity index is 1.42. The van der Waals surface area contributed by atoms with Gasteiger partial charge in [-0.05, 0) is 30.7 Å². The number of imidazole rings is 1. The zero-order chi connectivity index (χ0) is 21.8. The minimum absolute atomic E-state index is 0.0786. The average molecular weight is 429 g/mol. The van der Waals surface area contributed by atoms with Crippen molar-refractivity contribution in [1.29, 1.82) is 0 Å². The van der Waals surface area contributed by atoms with E-state index in [-0.39, 0.29) is 17.7 Å². The predicted molar refractivity (Wildman–Crippen MR) is 112 cm³/mol. The van der Waals surface area contributed by atoms with Gasteiger partial charge in [-0.15, -0.1) is 10.2 Å². The van der Waals surface area contributed by atoms with E-state index in [1.165, 1.54) is 0 Å². The first-order valence-electron chi connectivity index (χ1n) is 10.2. The van der Waals surface area contributed by atoms with Gasteiger partial charge < -0.3 is 14.3 Å². The molecule has 0 saturated heterocycles. The second-order valence-corrected chi connectivity index (χ2v) is 7.76. The van der Waals surface area contributed by atoms with Crippen LogP contribution in [0, 0.1) is 6.92 Å². The number of nitrogens with zero attached hydrogens (tertiary/aromatic N) is 8. The minimum atomic E-state index is -0.469. The predicted octanol–water partition coefficient (Wildman–Crippen LogP) is 1.94. The van der Waals surface area contributed by atoms with Crippen LogP contribution in [-0.2, 0) is 13.5 Å². The Morgan fingerprint density at radius 1 is 1.28 bits per heavy atom. The molecule has 1 unspecified atom stereocenters. The summed E-state index contributed by atoms with van der Waals surface area (Å²) in [6, 6.07) is 7.26. The molecule has 1 amide bonds. The molecule has 5 aromatic heterocycles. The number of amides is 1. The summed E-state index contributed by atoms with van der Waals surface area (Å²) in [4.78, 5) is 22.9. The second-order valence-electron chi connectivity index (χ2n) is 7.76. The molecule has 0 spiro atoms. The molecule has 0 aliphatic carbocycles. The molecule has 0 saturated carbocycles. The highest BCUT2D eigenvalue weighted by Crippen LogP contribution is 2.34. The largest absolute Gasteiger partial charge is 0.411 e. The van der Waals surface area contributed by atoms with E-state index >= 15 is 0 Å². The van der Waals surface area contributed by atoms with E-state index in [4.69, 9.17) is 9.52 Å². The molecule has 1 atom stereocenters. The van der Waals surface area contributed by atoms with Crippen molar-refractivity contribution < 1.29 is 9.21 Å². The van der Waals surface area contributed by atoms with E-state index in [0.717, 1.165) is 28.2 Å². The van der Waals surface area contributed by atoms with Gasteiger partial charge in [0.05, 0.1) is 23.2 Å². The Labute approximate surface area is 181 Å². The summed E-state index contributed by atoms with van der Waals surface area (Å²) in [5, 5.41) is 16.9. The Bertz CT molecular complexity index is 1460. The summed E-state index contributed by atoms with van der Waals surface area (Å²) < 4.78 is 9.16. The van der Waals surface area contributed by atoms with Crippen LogP contribution in [0.2, 0.25) is 0 Å². The number of carbonyl (C=O) groups is 1. The zero-order valence-corrected chi connectivity index (χ0v) is 17.4. The van der Waals surface area contributed by atoms with E-state index in [0.29, 0.717) is 18.7 Å². The Hall–Kier alpha value is -4.28. The molecule has 11 heteroatoms. The van der Waals surface area contributed by atoms with E-state index in [1.807, 2.05) is 35.8 Å². The third-order valence-corrected chi connectivity index (χ3v) is 5.85. The number of aryl methyl sites for hydroxylation is 2. The van der Waals surface area contributed by atoms with E-state index < -0.39 is 6.04 Å². The first-order chi connectivity index (χ1) is 15.6. The molecule has 1 aliphatic rings. The maximum absolute atomic E-state index is 13.5. The van der Waals surface area contributed by atoms with Gasteiger partial charge in [-0.25, -0.2) is 9.50 Å². The molecule has 6 heterocycles. The molecule has 32 heavy (non-hydrogen) atoms. The van der Waals surface area contributed by atoms with Crippen molar-refractivity contribution in [3.05, 3.63) is 71.5 Å². The number of pyridine rings is 1. The average Bonchev–Trinajstić information content (AvgIpc) is 3.57. The van der Waals surface area contributed by atoms with Gasteiger partial charge in [-0.1, -0.05) is 6.07 Å². The van der Waals surface area contributed by atoms with Crippen LogP contribution < -0.4 is 0 Å². The fraction of sp³-hybridized carbons (Fsp3) is 0.238. The summed E-state index contributed by atoms with van der Waals surface area (Å²) in [7, 11) is 1.77. The van der Waals surface area contributed by atoms with Gasteiger partial charge in [0, 0.05) is 38.1 Å². The smallest absolute Gasteiger partial charge is 0.312 e. The molecular formula is C21H19N9O2.